The molecule has 0 N–H and O–H groups in total. The normalized spacial score (nSPS) is 9.10. The van der Waals surface area contributed by atoms with Crippen molar-refractivity contribution in [3.63, 3.8) is 0 Å². The fourth-order valence-corrected chi connectivity index (χ4v) is 0.695. The molecule has 0 aromatic carbocycles. The van der Waals surface area contributed by atoms with Gasteiger partial charge in [0.05, 0.1) is 0 Å². The van der Waals surface area contributed by atoms with Crippen LogP contribution < -0.4 is 0 Å². The van der Waals surface area contributed by atoms with Gasteiger partial charge in [0.1, 0.15) is 0 Å². The highest BCUT2D eigenvalue weighted by molar-refractivity contribution is 5.92. The molecule has 0 aromatic heterocycles. The third-order valence-electron chi connectivity index (χ3n) is 1.14. The highest BCUT2D eigenvalue weighted by Crippen LogP contribution is 1.91. The molecule has 0 aliphatic carbocycles. The lowest BCUT2D eigenvalue weighted by atomic mass is 10.4. The Balaban J connectivity index is 3.98. The molecular formula is C7H12NO2. The lowest BCUT2D eigenvalue weighted by Gasteiger charge is -2.14. The number of amides is 2. The second-order valence-electron chi connectivity index (χ2n) is 2.04. The molecule has 3 heteroatoms. The van der Waals surface area contributed by atoms with E-state index in [2.05, 4.69) is 6.92 Å². The lowest BCUT2D eigenvalue weighted by molar-refractivity contribution is -0.141. The van der Waals surface area contributed by atoms with Gasteiger partial charge in [-0.25, -0.2) is 0 Å². The number of carbonyl (C=O) groups is 2. The van der Waals surface area contributed by atoms with Crippen LogP contribution in [0.4, 0.5) is 0 Å². The van der Waals surface area contributed by atoms with Gasteiger partial charge in [-0.2, -0.15) is 0 Å². The van der Waals surface area contributed by atoms with E-state index in [9.17, 15) is 9.59 Å². The first-order valence-electron chi connectivity index (χ1n) is 3.17. The van der Waals surface area contributed by atoms with Gasteiger partial charge >= 0.3 is 0 Å². The van der Waals surface area contributed by atoms with Crippen molar-refractivity contribution < 1.29 is 9.59 Å². The third-order valence-corrected chi connectivity index (χ3v) is 1.14. The summed E-state index contributed by atoms with van der Waals surface area (Å²) < 4.78 is 0. The van der Waals surface area contributed by atoms with Crippen LogP contribution in [0.25, 0.3) is 0 Å². The monoisotopic (exact) mass is 142 g/mol. The molecule has 0 aliphatic heterocycles. The van der Waals surface area contributed by atoms with E-state index in [4.69, 9.17) is 0 Å². The van der Waals surface area contributed by atoms with Crippen LogP contribution in [-0.2, 0) is 9.59 Å². The van der Waals surface area contributed by atoms with Crippen molar-refractivity contribution in [3.05, 3.63) is 6.92 Å². The largest absolute Gasteiger partial charge is 0.283 e. The summed E-state index contributed by atoms with van der Waals surface area (Å²) in [6, 6.07) is 0. The van der Waals surface area contributed by atoms with E-state index in [-0.39, 0.29) is 11.8 Å². The molecule has 3 nitrogen and oxygen atoms in total. The van der Waals surface area contributed by atoms with Gasteiger partial charge < -0.3 is 0 Å². The molecule has 0 bridgehead atoms. The molecule has 0 aliphatic rings. The standard InChI is InChI=1S/C7H12NO2/c1-4-5-8(6(2)9)7(3)10/h1,4-5H2,2-3H3. The van der Waals surface area contributed by atoms with Gasteiger partial charge in [0.25, 0.3) is 0 Å². The molecule has 2 amide bonds. The maximum atomic E-state index is 10.7. The molecule has 0 aromatic rings. The summed E-state index contributed by atoms with van der Waals surface area (Å²) in [6.07, 6.45) is 0.569. The van der Waals surface area contributed by atoms with Crippen LogP contribution in [-0.4, -0.2) is 23.3 Å². The zero-order chi connectivity index (χ0) is 8.15. The molecule has 0 unspecified atom stereocenters. The first kappa shape index (κ1) is 9.14. The van der Waals surface area contributed by atoms with Crippen LogP contribution in [0.1, 0.15) is 20.3 Å². The summed E-state index contributed by atoms with van der Waals surface area (Å²) >= 11 is 0. The Labute approximate surface area is 61.0 Å². The maximum absolute atomic E-state index is 10.7. The smallest absolute Gasteiger partial charge is 0.226 e. The molecule has 1 radical (unpaired) electrons. The molecule has 0 fully saturated rings. The van der Waals surface area contributed by atoms with E-state index in [1.54, 1.807) is 0 Å². The predicted molar refractivity (Wildman–Crippen MR) is 38.0 cm³/mol. The Morgan fingerprint density at radius 1 is 1.30 bits per heavy atom. The zero-order valence-corrected chi connectivity index (χ0v) is 6.39. The number of hydrogen-bond acceptors (Lipinski definition) is 2. The number of hydrogen-bond donors (Lipinski definition) is 0. The summed E-state index contributed by atoms with van der Waals surface area (Å²) in [5.74, 6) is -0.424. The Bertz CT molecular complexity index is 129. The molecular weight excluding hydrogens is 130 g/mol. The first-order chi connectivity index (χ1) is 4.59. The average Bonchev–Trinajstić information content (AvgIpc) is 1.81. The summed E-state index contributed by atoms with van der Waals surface area (Å²) in [4.78, 5) is 22.5. The molecule has 10 heavy (non-hydrogen) atoms. The second-order valence-corrected chi connectivity index (χ2v) is 2.04. The number of imide groups is 1. The molecule has 0 atom stereocenters. The number of nitrogens with zero attached hydrogens (tertiary/aromatic N) is 1. The Morgan fingerprint density at radius 2 is 1.70 bits per heavy atom. The van der Waals surface area contributed by atoms with Crippen LogP contribution in [0.2, 0.25) is 0 Å². The summed E-state index contributed by atoms with van der Waals surface area (Å²) in [5, 5.41) is 0. The van der Waals surface area contributed by atoms with Gasteiger partial charge in [0, 0.05) is 20.4 Å². The predicted octanol–water partition coefficient (Wildman–Crippen LogP) is 0.606. The first-order valence-corrected chi connectivity index (χ1v) is 3.17. The van der Waals surface area contributed by atoms with Crippen LogP contribution in [0.15, 0.2) is 0 Å². The highest BCUT2D eigenvalue weighted by Gasteiger charge is 2.10. The zero-order valence-electron chi connectivity index (χ0n) is 6.39. The van der Waals surface area contributed by atoms with Crippen molar-refractivity contribution in [2.24, 2.45) is 0 Å². The second kappa shape index (κ2) is 4.04. The van der Waals surface area contributed by atoms with Crippen molar-refractivity contribution in [1.82, 2.24) is 4.90 Å². The van der Waals surface area contributed by atoms with E-state index < -0.39 is 0 Å². The Kier molecular flexibility index (Phi) is 3.69. The number of carbonyl (C=O) groups excluding carboxylic acids is 2. The molecule has 0 saturated heterocycles. The minimum absolute atomic E-state index is 0.212. The topological polar surface area (TPSA) is 37.4 Å². The van der Waals surface area contributed by atoms with Gasteiger partial charge in [0.15, 0.2) is 0 Å². The number of rotatable bonds is 2. The van der Waals surface area contributed by atoms with Gasteiger partial charge in [-0.05, 0) is 6.42 Å². The average molecular weight is 142 g/mol. The fourth-order valence-electron chi connectivity index (χ4n) is 0.695. The van der Waals surface area contributed by atoms with Crippen LogP contribution in [0, 0.1) is 6.92 Å². The SMILES string of the molecule is [CH2]CCN(C(C)=O)C(C)=O. The van der Waals surface area contributed by atoms with Crippen molar-refractivity contribution in [3.8, 4) is 0 Å². The van der Waals surface area contributed by atoms with E-state index in [0.29, 0.717) is 13.0 Å². The molecule has 57 valence electrons. The Hall–Kier alpha value is -0.860. The minimum Gasteiger partial charge on any atom is -0.283 e. The highest BCUT2D eigenvalue weighted by atomic mass is 16.2. The van der Waals surface area contributed by atoms with Crippen LogP contribution in [0.5, 0.6) is 0 Å². The van der Waals surface area contributed by atoms with Gasteiger partial charge in [0.2, 0.25) is 11.8 Å². The van der Waals surface area contributed by atoms with Crippen molar-refractivity contribution in [2.75, 3.05) is 6.54 Å². The molecule has 0 heterocycles. The van der Waals surface area contributed by atoms with E-state index in [0.717, 1.165) is 0 Å². The summed E-state index contributed by atoms with van der Waals surface area (Å²) in [5.41, 5.74) is 0. The van der Waals surface area contributed by atoms with E-state index >= 15 is 0 Å². The lowest BCUT2D eigenvalue weighted by Crippen LogP contribution is -2.33. The summed E-state index contributed by atoms with van der Waals surface area (Å²) in [6.45, 7) is 6.71. The fraction of sp³-hybridized carbons (Fsp3) is 0.571. The summed E-state index contributed by atoms with van der Waals surface area (Å²) in [7, 11) is 0. The van der Waals surface area contributed by atoms with Gasteiger partial charge in [-0.1, -0.05) is 6.92 Å². The van der Waals surface area contributed by atoms with Crippen molar-refractivity contribution >= 4 is 11.8 Å². The van der Waals surface area contributed by atoms with Crippen molar-refractivity contribution in [1.29, 1.82) is 0 Å². The van der Waals surface area contributed by atoms with Crippen molar-refractivity contribution in [2.45, 2.75) is 20.3 Å². The molecule has 0 spiro atoms. The van der Waals surface area contributed by atoms with Crippen LogP contribution >= 0.6 is 0 Å². The van der Waals surface area contributed by atoms with E-state index in [1.807, 2.05) is 0 Å². The third kappa shape index (κ3) is 2.62. The Morgan fingerprint density at radius 3 is 1.80 bits per heavy atom. The van der Waals surface area contributed by atoms with Gasteiger partial charge in [-0.15, -0.1) is 0 Å². The molecule has 0 rings (SSSR count). The van der Waals surface area contributed by atoms with Gasteiger partial charge in [-0.3, -0.25) is 14.5 Å². The van der Waals surface area contributed by atoms with E-state index in [1.165, 1.54) is 18.7 Å². The maximum Gasteiger partial charge on any atom is 0.226 e. The van der Waals surface area contributed by atoms with Crippen LogP contribution in [0.3, 0.4) is 0 Å². The quantitative estimate of drug-likeness (QED) is 0.566. The minimum atomic E-state index is -0.212. The molecule has 0 saturated carbocycles.